The minimum absolute atomic E-state index is 0.345. The van der Waals surface area contributed by atoms with E-state index in [4.69, 9.17) is 9.97 Å². The highest BCUT2D eigenvalue weighted by atomic mass is 16.2. The zero-order chi connectivity index (χ0) is 38.8. The number of nitrogens with one attached hydrogen (secondary N) is 4. The lowest BCUT2D eigenvalue weighted by Crippen LogP contribution is -2.19. The minimum Gasteiger partial charge on any atom is -0.354 e. The number of hydrogen-bond donors (Lipinski definition) is 4. The first-order chi connectivity index (χ1) is 28.7. The number of amides is 2. The summed E-state index contributed by atoms with van der Waals surface area (Å²) in [7, 11) is 0. The van der Waals surface area contributed by atoms with Crippen molar-refractivity contribution in [2.24, 2.45) is 0 Å². The van der Waals surface area contributed by atoms with Crippen molar-refractivity contribution >= 4 is 63.8 Å². The van der Waals surface area contributed by atoms with Crippen molar-refractivity contribution in [2.45, 2.75) is 0 Å². The first-order valence-electron chi connectivity index (χ1n) is 19.2. The predicted molar refractivity (Wildman–Crippen MR) is 240 cm³/mol. The molecule has 2 aliphatic rings. The van der Waals surface area contributed by atoms with Gasteiger partial charge in [-0.3, -0.25) is 0 Å². The molecular weight excluding hydrogens is 713 g/mol. The third-order valence-corrected chi connectivity index (χ3v) is 10.4. The van der Waals surface area contributed by atoms with E-state index in [2.05, 4.69) is 118 Å². The Bertz CT molecular complexity index is 3020. The van der Waals surface area contributed by atoms with Crippen molar-refractivity contribution in [1.29, 1.82) is 0 Å². The molecule has 0 aliphatic carbocycles. The van der Waals surface area contributed by atoms with Crippen LogP contribution < -0.4 is 10.6 Å². The predicted octanol–water partition coefficient (Wildman–Crippen LogP) is 13.0. The summed E-state index contributed by atoms with van der Waals surface area (Å²) < 4.78 is 0. The van der Waals surface area contributed by atoms with Gasteiger partial charge in [0.05, 0.1) is 28.5 Å². The van der Waals surface area contributed by atoms with Crippen LogP contribution >= 0.6 is 0 Å². The number of aromatic nitrogens is 4. The fraction of sp³-hybridized carbons (Fsp3) is 0. The molecule has 8 aromatic rings. The molecule has 0 saturated heterocycles. The Hall–Kier alpha value is -8.03. The van der Waals surface area contributed by atoms with E-state index in [-0.39, 0.29) is 6.03 Å². The fourth-order valence-corrected chi connectivity index (χ4v) is 7.83. The monoisotopic (exact) mass is 748 g/mol. The van der Waals surface area contributed by atoms with Crippen LogP contribution in [0.4, 0.5) is 16.2 Å². The zero-order valence-electron chi connectivity index (χ0n) is 31.3. The molecule has 58 heavy (non-hydrogen) atoms. The molecule has 4 N–H and O–H groups in total. The van der Waals surface area contributed by atoms with Crippen LogP contribution in [0.25, 0.3) is 90.9 Å². The van der Waals surface area contributed by atoms with Gasteiger partial charge in [-0.25, -0.2) is 14.8 Å². The summed E-state index contributed by atoms with van der Waals surface area (Å²) >= 11 is 0. The van der Waals surface area contributed by atoms with Gasteiger partial charge in [-0.2, -0.15) is 0 Å². The highest BCUT2D eigenvalue weighted by Gasteiger charge is 2.20. The van der Waals surface area contributed by atoms with E-state index in [9.17, 15) is 4.79 Å². The number of aromatic amines is 2. The van der Waals surface area contributed by atoms with E-state index in [1.165, 1.54) is 0 Å². The van der Waals surface area contributed by atoms with Gasteiger partial charge in [0.1, 0.15) is 0 Å². The number of carbonyl (C=O) groups excluding carboxylic acids is 1. The van der Waals surface area contributed by atoms with Gasteiger partial charge in [0.15, 0.2) is 0 Å². The normalized spacial score (nSPS) is 11.7. The number of H-pyrrole nitrogens is 2. The summed E-state index contributed by atoms with van der Waals surface area (Å²) in [4.78, 5) is 31.8. The molecule has 276 valence electrons. The third kappa shape index (κ3) is 6.56. The van der Waals surface area contributed by atoms with Crippen LogP contribution in [0.15, 0.2) is 170 Å². The van der Waals surface area contributed by atoms with Crippen LogP contribution in [0.2, 0.25) is 0 Å². The van der Waals surface area contributed by atoms with Crippen molar-refractivity contribution in [3.05, 3.63) is 193 Å². The van der Waals surface area contributed by atoms with Gasteiger partial charge in [-0.15, -0.1) is 0 Å². The average Bonchev–Trinajstić information content (AvgIpc) is 4.11. The maximum atomic E-state index is 13.5. The summed E-state index contributed by atoms with van der Waals surface area (Å²) in [5.41, 5.74) is 15.9. The SMILES string of the molecule is O=C(Nc1ccccc1)Nc1ccccc1-c1c2nc(c(-c3ccccc3)c3ccc([nH]3)c(-c3ccccc3)c3nc(c(-c4ccccc4)c4ccc1[nH]4)C=C3)C=C2. The summed E-state index contributed by atoms with van der Waals surface area (Å²) in [5.74, 6) is 0. The number of anilines is 2. The largest absolute Gasteiger partial charge is 0.354 e. The number of carbonyl (C=O) groups is 1. The molecule has 5 heterocycles. The third-order valence-electron chi connectivity index (χ3n) is 10.4. The molecule has 0 radical (unpaired) electrons. The molecule has 3 aromatic heterocycles. The van der Waals surface area contributed by atoms with Gasteiger partial charge >= 0.3 is 6.03 Å². The Morgan fingerprint density at radius 3 is 1.19 bits per heavy atom. The lowest BCUT2D eigenvalue weighted by molar-refractivity contribution is 0.262. The Kier molecular flexibility index (Phi) is 8.85. The van der Waals surface area contributed by atoms with E-state index in [0.29, 0.717) is 11.4 Å². The minimum atomic E-state index is -0.345. The molecule has 0 saturated carbocycles. The number of para-hydroxylation sites is 2. The average molecular weight is 749 g/mol. The summed E-state index contributed by atoms with van der Waals surface area (Å²) in [6.45, 7) is 0. The number of urea groups is 1. The molecule has 0 spiro atoms. The van der Waals surface area contributed by atoms with Crippen LogP contribution in [-0.2, 0) is 0 Å². The Balaban J connectivity index is 1.30. The highest BCUT2D eigenvalue weighted by Crippen LogP contribution is 2.40. The summed E-state index contributed by atoms with van der Waals surface area (Å²) in [6, 6.07) is 56.5. The molecule has 0 unspecified atom stereocenters. The molecule has 7 nitrogen and oxygen atoms in total. The summed E-state index contributed by atoms with van der Waals surface area (Å²) in [5, 5.41) is 6.09. The maximum Gasteiger partial charge on any atom is 0.323 e. The van der Waals surface area contributed by atoms with Gasteiger partial charge < -0.3 is 20.6 Å². The topological polar surface area (TPSA) is 98.5 Å². The van der Waals surface area contributed by atoms with Crippen molar-refractivity contribution in [1.82, 2.24) is 19.9 Å². The number of hydrogen-bond acceptors (Lipinski definition) is 3. The maximum absolute atomic E-state index is 13.5. The first kappa shape index (κ1) is 34.5. The van der Waals surface area contributed by atoms with Crippen molar-refractivity contribution in [2.75, 3.05) is 10.6 Å². The van der Waals surface area contributed by atoms with Gasteiger partial charge in [0.2, 0.25) is 0 Å². The van der Waals surface area contributed by atoms with E-state index in [0.717, 1.165) is 89.4 Å². The van der Waals surface area contributed by atoms with E-state index < -0.39 is 0 Å². The quantitative estimate of drug-likeness (QED) is 0.136. The van der Waals surface area contributed by atoms with Crippen molar-refractivity contribution < 1.29 is 4.79 Å². The van der Waals surface area contributed by atoms with E-state index in [1.54, 1.807) is 0 Å². The Labute approximate surface area is 335 Å². The van der Waals surface area contributed by atoms with E-state index >= 15 is 0 Å². The van der Waals surface area contributed by atoms with Crippen LogP contribution in [0.3, 0.4) is 0 Å². The molecule has 10 rings (SSSR count). The smallest absolute Gasteiger partial charge is 0.323 e. The lowest BCUT2D eigenvalue weighted by atomic mass is 10.0. The van der Waals surface area contributed by atoms with Crippen LogP contribution in [0.1, 0.15) is 22.8 Å². The van der Waals surface area contributed by atoms with Crippen LogP contribution in [0, 0.1) is 0 Å². The lowest BCUT2D eigenvalue weighted by Gasteiger charge is -2.13. The fourth-order valence-electron chi connectivity index (χ4n) is 7.83. The molecule has 2 aliphatic heterocycles. The van der Waals surface area contributed by atoms with Gasteiger partial charge in [-0.1, -0.05) is 127 Å². The molecule has 0 atom stereocenters. The first-order valence-corrected chi connectivity index (χ1v) is 19.2. The van der Waals surface area contributed by atoms with Gasteiger partial charge in [0.25, 0.3) is 0 Å². The van der Waals surface area contributed by atoms with Crippen LogP contribution in [-0.4, -0.2) is 26.0 Å². The standard InChI is InChI=1S/C51H36N6O/c58-51(52-36-21-11-4-12-22-36)57-38-24-14-13-23-37(38)50-45-31-29-43(55-45)48(34-17-7-2-8-18-34)41-27-25-39(53-41)47(33-15-5-1-6-16-33)40-26-28-42(54-40)49(35-19-9-3-10-20-35)44-30-32-46(50)56-44/h1-32,53,56H,(H2,52,57,58). The second kappa shape index (κ2) is 14.9. The number of nitrogens with zero attached hydrogens (tertiary/aromatic N) is 2. The second-order valence-corrected chi connectivity index (χ2v) is 14.1. The zero-order valence-corrected chi connectivity index (χ0v) is 31.3. The molecule has 5 aromatic carbocycles. The van der Waals surface area contributed by atoms with Crippen LogP contribution in [0.5, 0.6) is 0 Å². The molecular formula is C51H36N6O. The highest BCUT2D eigenvalue weighted by molar-refractivity contribution is 6.05. The second-order valence-electron chi connectivity index (χ2n) is 14.1. The molecule has 8 bridgehead atoms. The van der Waals surface area contributed by atoms with Gasteiger partial charge in [-0.05, 0) is 83.5 Å². The number of fused-ring (bicyclic) bond motifs is 8. The Morgan fingerprint density at radius 2 is 0.741 bits per heavy atom. The molecule has 2 amide bonds. The number of rotatable bonds is 6. The van der Waals surface area contributed by atoms with Gasteiger partial charge in [0, 0.05) is 55.6 Å². The molecule has 0 fully saturated rings. The van der Waals surface area contributed by atoms with Crippen molar-refractivity contribution in [3.63, 3.8) is 0 Å². The molecule has 7 heteroatoms. The van der Waals surface area contributed by atoms with E-state index in [1.807, 2.05) is 97.1 Å². The van der Waals surface area contributed by atoms with Crippen molar-refractivity contribution in [3.8, 4) is 44.5 Å². The number of benzene rings is 5. The summed E-state index contributed by atoms with van der Waals surface area (Å²) in [6.07, 6.45) is 8.34. The Morgan fingerprint density at radius 1 is 0.379 bits per heavy atom.